The normalized spacial score (nSPS) is 11.6. The summed E-state index contributed by atoms with van der Waals surface area (Å²) in [7, 11) is -3.71. The first-order valence-corrected chi connectivity index (χ1v) is 14.2. The highest BCUT2D eigenvalue weighted by atomic mass is 79.9. The van der Waals surface area contributed by atoms with E-state index in [1.165, 1.54) is 19.3 Å². The summed E-state index contributed by atoms with van der Waals surface area (Å²) in [6.07, 6.45) is 4.68. The summed E-state index contributed by atoms with van der Waals surface area (Å²) in [4.78, 5) is 5.05. The minimum atomic E-state index is -3.71. The van der Waals surface area contributed by atoms with Gasteiger partial charge in [0, 0.05) is 17.6 Å². The SMILES string of the molecule is CCCCCCn1c(NCc2cc(Br)ccc2NS(=O)(=O)c2ccc(C)cc2)nc2ccccc21. The Morgan fingerprint density at radius 2 is 1.74 bits per heavy atom. The van der Waals surface area contributed by atoms with E-state index in [0.717, 1.165) is 45.5 Å². The minimum absolute atomic E-state index is 0.235. The number of rotatable bonds is 11. The van der Waals surface area contributed by atoms with E-state index in [-0.39, 0.29) is 4.90 Å². The third-order valence-corrected chi connectivity index (χ3v) is 7.84. The number of hydrogen-bond acceptors (Lipinski definition) is 4. The van der Waals surface area contributed by atoms with Gasteiger partial charge in [0.25, 0.3) is 10.0 Å². The van der Waals surface area contributed by atoms with Crippen LogP contribution in [0.2, 0.25) is 0 Å². The molecule has 6 nitrogen and oxygen atoms in total. The predicted octanol–water partition coefficient (Wildman–Crippen LogP) is 7.10. The molecule has 1 aromatic heterocycles. The molecule has 8 heteroatoms. The number of nitrogens with zero attached hydrogens (tertiary/aromatic N) is 2. The van der Waals surface area contributed by atoms with Gasteiger partial charge in [0.05, 0.1) is 21.6 Å². The number of aromatic nitrogens is 2. The molecule has 0 fully saturated rings. The smallest absolute Gasteiger partial charge is 0.261 e. The van der Waals surface area contributed by atoms with Crippen LogP contribution in [0.1, 0.15) is 43.7 Å². The van der Waals surface area contributed by atoms with Crippen molar-refractivity contribution >= 4 is 48.6 Å². The lowest BCUT2D eigenvalue weighted by Crippen LogP contribution is -2.15. The number of hydrogen-bond donors (Lipinski definition) is 2. The second kappa shape index (κ2) is 11.3. The molecule has 0 spiro atoms. The molecule has 0 saturated carbocycles. The van der Waals surface area contributed by atoms with Gasteiger partial charge in [-0.05, 0) is 61.4 Å². The first-order chi connectivity index (χ1) is 16.9. The predicted molar refractivity (Wildman–Crippen MR) is 147 cm³/mol. The fraction of sp³-hybridized carbons (Fsp3) is 0.296. The molecule has 35 heavy (non-hydrogen) atoms. The number of sulfonamides is 1. The Balaban J connectivity index is 1.57. The number of benzene rings is 3. The van der Waals surface area contributed by atoms with Gasteiger partial charge < -0.3 is 9.88 Å². The lowest BCUT2D eigenvalue weighted by Gasteiger charge is -2.15. The van der Waals surface area contributed by atoms with Gasteiger partial charge in [-0.15, -0.1) is 0 Å². The van der Waals surface area contributed by atoms with Gasteiger partial charge in [-0.2, -0.15) is 0 Å². The van der Waals surface area contributed by atoms with Crippen LogP contribution in [-0.2, 0) is 23.1 Å². The lowest BCUT2D eigenvalue weighted by molar-refractivity contribution is 0.593. The summed E-state index contributed by atoms with van der Waals surface area (Å²) in [6, 6.07) is 20.5. The number of unbranched alkanes of at least 4 members (excludes halogenated alkanes) is 3. The molecular formula is C27H31BrN4O2S. The molecule has 2 N–H and O–H groups in total. The van der Waals surface area contributed by atoms with Crippen LogP contribution in [0.4, 0.5) is 11.6 Å². The maximum absolute atomic E-state index is 13.0. The second-order valence-electron chi connectivity index (χ2n) is 8.71. The van der Waals surface area contributed by atoms with Crippen LogP contribution in [0.5, 0.6) is 0 Å². The van der Waals surface area contributed by atoms with Crippen LogP contribution in [0.3, 0.4) is 0 Å². The van der Waals surface area contributed by atoms with E-state index in [2.05, 4.69) is 43.5 Å². The van der Waals surface area contributed by atoms with Crippen molar-refractivity contribution in [3.05, 3.63) is 82.3 Å². The summed E-state index contributed by atoms with van der Waals surface area (Å²) in [5.41, 5.74) is 4.41. The maximum Gasteiger partial charge on any atom is 0.261 e. The van der Waals surface area contributed by atoms with E-state index in [1.807, 2.05) is 37.3 Å². The van der Waals surface area contributed by atoms with Gasteiger partial charge in [-0.25, -0.2) is 13.4 Å². The van der Waals surface area contributed by atoms with Crippen molar-refractivity contribution in [2.45, 2.75) is 57.5 Å². The zero-order valence-corrected chi connectivity index (χ0v) is 22.5. The zero-order chi connectivity index (χ0) is 24.8. The number of anilines is 2. The summed E-state index contributed by atoms with van der Waals surface area (Å²) >= 11 is 3.52. The van der Waals surface area contributed by atoms with Crippen LogP contribution >= 0.6 is 15.9 Å². The molecule has 4 aromatic rings. The van der Waals surface area contributed by atoms with Crippen molar-refractivity contribution in [3.63, 3.8) is 0 Å². The molecule has 4 rings (SSSR count). The van der Waals surface area contributed by atoms with Crippen molar-refractivity contribution in [2.24, 2.45) is 0 Å². The second-order valence-corrected chi connectivity index (χ2v) is 11.3. The molecule has 0 radical (unpaired) electrons. The first kappa shape index (κ1) is 25.3. The van der Waals surface area contributed by atoms with Crippen molar-refractivity contribution < 1.29 is 8.42 Å². The first-order valence-electron chi connectivity index (χ1n) is 11.9. The highest BCUT2D eigenvalue weighted by Gasteiger charge is 2.17. The third kappa shape index (κ3) is 6.24. The van der Waals surface area contributed by atoms with Crippen molar-refractivity contribution in [1.82, 2.24) is 9.55 Å². The molecule has 0 saturated heterocycles. The van der Waals surface area contributed by atoms with Crippen LogP contribution < -0.4 is 10.0 Å². The highest BCUT2D eigenvalue weighted by molar-refractivity contribution is 9.10. The van der Waals surface area contributed by atoms with Crippen molar-refractivity contribution in [1.29, 1.82) is 0 Å². The average molecular weight is 556 g/mol. The molecule has 3 aromatic carbocycles. The number of imidazole rings is 1. The Kier molecular flexibility index (Phi) is 8.13. The Hall–Kier alpha value is -2.84. The Morgan fingerprint density at radius 1 is 0.971 bits per heavy atom. The largest absolute Gasteiger partial charge is 0.351 e. The van der Waals surface area contributed by atoms with Crippen molar-refractivity contribution in [3.8, 4) is 0 Å². The van der Waals surface area contributed by atoms with E-state index in [9.17, 15) is 8.42 Å². The molecule has 0 aliphatic carbocycles. The van der Waals surface area contributed by atoms with Gasteiger partial charge in [0.2, 0.25) is 5.95 Å². The van der Waals surface area contributed by atoms with Crippen molar-refractivity contribution in [2.75, 3.05) is 10.0 Å². The van der Waals surface area contributed by atoms with Crippen LogP contribution in [0.25, 0.3) is 11.0 Å². The monoisotopic (exact) mass is 554 g/mol. The fourth-order valence-corrected chi connectivity index (χ4v) is 5.55. The molecule has 0 amide bonds. The zero-order valence-electron chi connectivity index (χ0n) is 20.1. The standard InChI is InChI=1S/C27H31BrN4O2S/c1-3-4-5-8-17-32-26-10-7-6-9-25(26)30-27(32)29-19-21-18-22(28)13-16-24(21)31-35(33,34)23-14-11-20(2)12-15-23/h6-7,9-16,18,31H,3-5,8,17,19H2,1-2H3,(H,29,30). The summed E-state index contributed by atoms with van der Waals surface area (Å²) in [6.45, 7) is 5.44. The van der Waals surface area contributed by atoms with Gasteiger partial charge in [-0.1, -0.05) is 71.9 Å². The van der Waals surface area contributed by atoms with E-state index in [1.54, 1.807) is 30.3 Å². The summed E-state index contributed by atoms with van der Waals surface area (Å²) in [5.74, 6) is 0.787. The minimum Gasteiger partial charge on any atom is -0.351 e. The van der Waals surface area contributed by atoms with E-state index in [4.69, 9.17) is 4.98 Å². The average Bonchev–Trinajstić information content (AvgIpc) is 3.19. The number of nitrogens with one attached hydrogen (secondary N) is 2. The lowest BCUT2D eigenvalue weighted by atomic mass is 10.2. The summed E-state index contributed by atoms with van der Waals surface area (Å²) < 4.78 is 31.9. The molecule has 0 unspecified atom stereocenters. The number of fused-ring (bicyclic) bond motifs is 1. The van der Waals surface area contributed by atoms with Crippen LogP contribution in [0, 0.1) is 6.92 Å². The molecule has 1 heterocycles. The van der Waals surface area contributed by atoms with E-state index >= 15 is 0 Å². The van der Waals surface area contributed by atoms with E-state index in [0.29, 0.717) is 12.2 Å². The maximum atomic E-state index is 13.0. The Bertz CT molecular complexity index is 1400. The fourth-order valence-electron chi connectivity index (χ4n) is 4.04. The molecule has 0 bridgehead atoms. The summed E-state index contributed by atoms with van der Waals surface area (Å²) in [5, 5.41) is 3.46. The number of aryl methyl sites for hydroxylation is 2. The molecule has 0 aliphatic heterocycles. The molecule has 0 aliphatic rings. The highest BCUT2D eigenvalue weighted by Crippen LogP contribution is 2.26. The Labute approximate surface area is 216 Å². The van der Waals surface area contributed by atoms with Gasteiger partial charge in [0.15, 0.2) is 0 Å². The third-order valence-electron chi connectivity index (χ3n) is 5.97. The topological polar surface area (TPSA) is 76.0 Å². The molecule has 184 valence electrons. The van der Waals surface area contributed by atoms with E-state index < -0.39 is 10.0 Å². The number of halogens is 1. The van der Waals surface area contributed by atoms with Gasteiger partial charge in [0.1, 0.15) is 0 Å². The van der Waals surface area contributed by atoms with Crippen LogP contribution in [0.15, 0.2) is 76.1 Å². The molecular weight excluding hydrogens is 524 g/mol. The van der Waals surface area contributed by atoms with Gasteiger partial charge >= 0.3 is 0 Å². The molecule has 0 atom stereocenters. The number of para-hydroxylation sites is 2. The quantitative estimate of drug-likeness (QED) is 0.194. The Morgan fingerprint density at radius 3 is 2.51 bits per heavy atom. The van der Waals surface area contributed by atoms with Gasteiger partial charge in [-0.3, -0.25) is 4.72 Å². The van der Waals surface area contributed by atoms with Crippen LogP contribution in [-0.4, -0.2) is 18.0 Å².